The molecule has 1 fully saturated rings. The van der Waals surface area contributed by atoms with Gasteiger partial charge in [-0.25, -0.2) is 15.1 Å². The van der Waals surface area contributed by atoms with Gasteiger partial charge in [0, 0.05) is 13.0 Å². The third-order valence-corrected chi connectivity index (χ3v) is 7.20. The van der Waals surface area contributed by atoms with Crippen LogP contribution in [0.5, 0.6) is 0 Å². The molecule has 216 valence electrons. The normalized spacial score (nSPS) is 19.4. The van der Waals surface area contributed by atoms with Crippen molar-refractivity contribution in [2.75, 3.05) is 19.6 Å². The van der Waals surface area contributed by atoms with Crippen molar-refractivity contribution in [3.8, 4) is 0 Å². The van der Waals surface area contributed by atoms with Crippen molar-refractivity contribution < 1.29 is 38.3 Å². The van der Waals surface area contributed by atoms with E-state index in [0.717, 1.165) is 30.4 Å². The number of nitrogens with one attached hydrogen (secondary N) is 2. The third-order valence-electron chi connectivity index (χ3n) is 7.20. The summed E-state index contributed by atoms with van der Waals surface area (Å²) in [6.07, 6.45) is 2.12. The van der Waals surface area contributed by atoms with Crippen molar-refractivity contribution in [1.82, 2.24) is 10.8 Å². The Labute approximate surface area is 235 Å². The number of piperazine rings is 1. The van der Waals surface area contributed by atoms with Crippen LogP contribution < -0.4 is 10.8 Å². The molecule has 10 nitrogen and oxygen atoms in total. The number of carboxylic acid groups (broad SMARTS) is 1. The highest BCUT2D eigenvalue weighted by molar-refractivity contribution is 5.90. The number of hydroxylamine groups is 1. The van der Waals surface area contributed by atoms with E-state index in [4.69, 9.17) is 9.57 Å². The number of amides is 3. The molecule has 3 N–H and O–H groups in total. The summed E-state index contributed by atoms with van der Waals surface area (Å²) in [5, 5.41) is 13.4. The minimum absolute atomic E-state index is 0.0272. The first kappa shape index (κ1) is 30.9. The van der Waals surface area contributed by atoms with Gasteiger partial charge in [0.05, 0.1) is 19.1 Å². The maximum Gasteiger partial charge on any atom is 0.521 e. The number of imide groups is 1. The average Bonchev–Trinajstić information content (AvgIpc) is 2.98. The zero-order valence-corrected chi connectivity index (χ0v) is 23.1. The van der Waals surface area contributed by atoms with Crippen LogP contribution in [-0.4, -0.2) is 59.1 Å². The summed E-state index contributed by atoms with van der Waals surface area (Å²) in [6, 6.07) is 17.1. The van der Waals surface area contributed by atoms with Gasteiger partial charge in [-0.3, -0.25) is 9.63 Å². The first-order valence-corrected chi connectivity index (χ1v) is 13.9. The van der Waals surface area contributed by atoms with Gasteiger partial charge < -0.3 is 15.2 Å². The molecular formula is C30H40N3O7+. The second-order valence-electron chi connectivity index (χ2n) is 10.1. The van der Waals surface area contributed by atoms with Crippen LogP contribution in [0.25, 0.3) is 0 Å². The molecule has 1 heterocycles. The number of carbonyl (C=O) groups excluding carboxylic acids is 3. The number of carbonyl (C=O) groups is 4. The van der Waals surface area contributed by atoms with Crippen LogP contribution in [0.2, 0.25) is 0 Å². The molecule has 0 bridgehead atoms. The third kappa shape index (κ3) is 8.45. The van der Waals surface area contributed by atoms with Crippen LogP contribution >= 0.6 is 0 Å². The Hall–Kier alpha value is -3.60. The monoisotopic (exact) mass is 554 g/mol. The van der Waals surface area contributed by atoms with E-state index in [2.05, 4.69) is 17.7 Å². The Morgan fingerprint density at radius 3 is 2.25 bits per heavy atom. The molecule has 2 aromatic rings. The predicted octanol–water partition coefficient (Wildman–Crippen LogP) is 3.95. The molecule has 0 aromatic heterocycles. The molecule has 2 aromatic carbocycles. The first-order chi connectivity index (χ1) is 19.4. The van der Waals surface area contributed by atoms with Gasteiger partial charge in [0.2, 0.25) is 11.9 Å². The smallest absolute Gasteiger partial charge is 0.456 e. The molecule has 40 heavy (non-hydrogen) atoms. The molecule has 3 rings (SSSR count). The lowest BCUT2D eigenvalue weighted by atomic mass is 9.92. The summed E-state index contributed by atoms with van der Waals surface area (Å²) >= 11 is 0. The van der Waals surface area contributed by atoms with Crippen LogP contribution in [0.3, 0.4) is 0 Å². The van der Waals surface area contributed by atoms with Gasteiger partial charge in [0.1, 0.15) is 13.2 Å². The van der Waals surface area contributed by atoms with Gasteiger partial charge in [-0.15, -0.1) is 4.48 Å². The lowest BCUT2D eigenvalue weighted by Crippen LogP contribution is -2.73. The van der Waals surface area contributed by atoms with Crippen LogP contribution in [0.1, 0.15) is 56.6 Å². The van der Waals surface area contributed by atoms with Crippen LogP contribution in [0.4, 0.5) is 4.79 Å². The number of rotatable bonds is 14. The predicted molar refractivity (Wildman–Crippen MR) is 147 cm³/mol. The lowest BCUT2D eigenvalue weighted by Gasteiger charge is -2.40. The van der Waals surface area contributed by atoms with Gasteiger partial charge in [0.15, 0.2) is 0 Å². The SMILES string of the molecule is CCCCCC[C@H](CC(=O)NOCc1ccccc1)C(=O)[N@+]1(C(=O)O)CCNCC1C(=O)OCc1ccccc1. The molecule has 10 heteroatoms. The summed E-state index contributed by atoms with van der Waals surface area (Å²) in [5.41, 5.74) is 4.00. The second kappa shape index (κ2) is 15.9. The topological polar surface area (TPSA) is 131 Å². The number of quaternary nitrogens is 1. The molecule has 3 atom stereocenters. The molecule has 1 aliphatic rings. The Kier molecular flexibility index (Phi) is 12.3. The van der Waals surface area contributed by atoms with Crippen LogP contribution in [0.15, 0.2) is 60.7 Å². The van der Waals surface area contributed by atoms with Crippen molar-refractivity contribution >= 4 is 23.9 Å². The Bertz CT molecular complexity index is 1110. The van der Waals surface area contributed by atoms with Gasteiger partial charge >= 0.3 is 18.0 Å². The number of benzene rings is 2. The Balaban J connectivity index is 1.75. The van der Waals surface area contributed by atoms with E-state index in [1.165, 1.54) is 0 Å². The summed E-state index contributed by atoms with van der Waals surface area (Å²) in [5.74, 6) is -2.86. The molecule has 0 radical (unpaired) electrons. The summed E-state index contributed by atoms with van der Waals surface area (Å²) in [6.45, 7) is 2.26. The van der Waals surface area contributed by atoms with E-state index in [-0.39, 0.29) is 39.3 Å². The quantitative estimate of drug-likeness (QED) is 0.139. The van der Waals surface area contributed by atoms with Gasteiger partial charge in [-0.1, -0.05) is 93.3 Å². The standard InChI is InChI=1S/C30H39N3O7/c1-2-3-4-11-16-25(19-27(34)32-40-22-24-14-9-6-10-15-24)28(35)33(30(37)38)18-17-31-20-26(33)29(36)39-21-23-12-7-5-8-13-23/h5-10,12-15,25-26,31H,2-4,11,16-22H2,1H3,(H-,32,34,37,38)/p+1/t25-,26?,33+/m1/s1. The van der Waals surface area contributed by atoms with Crippen LogP contribution in [0, 0.1) is 5.92 Å². The fourth-order valence-corrected chi connectivity index (χ4v) is 4.98. The van der Waals surface area contributed by atoms with Crippen molar-refractivity contribution in [3.05, 3.63) is 71.8 Å². The first-order valence-electron chi connectivity index (χ1n) is 13.9. The van der Waals surface area contributed by atoms with Crippen molar-refractivity contribution in [3.63, 3.8) is 0 Å². The number of unbranched alkanes of at least 4 members (excludes halogenated alkanes) is 3. The molecule has 1 saturated heterocycles. The van der Waals surface area contributed by atoms with E-state index in [1.54, 1.807) is 12.1 Å². The summed E-state index contributed by atoms with van der Waals surface area (Å²) < 4.78 is 4.38. The van der Waals surface area contributed by atoms with Crippen LogP contribution in [-0.2, 0) is 37.2 Å². The molecule has 0 saturated carbocycles. The van der Waals surface area contributed by atoms with E-state index in [1.807, 2.05) is 48.5 Å². The number of nitrogens with zero attached hydrogens (tertiary/aromatic N) is 1. The number of esters is 1. The zero-order valence-electron chi connectivity index (χ0n) is 23.1. The summed E-state index contributed by atoms with van der Waals surface area (Å²) in [7, 11) is 0. The minimum atomic E-state index is -1.42. The van der Waals surface area contributed by atoms with E-state index < -0.39 is 40.3 Å². The molecule has 0 aliphatic carbocycles. The molecular weight excluding hydrogens is 514 g/mol. The van der Waals surface area contributed by atoms with Gasteiger partial charge in [0.25, 0.3) is 0 Å². The highest BCUT2D eigenvalue weighted by atomic mass is 16.6. The van der Waals surface area contributed by atoms with Crippen molar-refractivity contribution in [2.24, 2.45) is 5.92 Å². The zero-order chi connectivity index (χ0) is 28.8. The lowest BCUT2D eigenvalue weighted by molar-refractivity contribution is -0.804. The second-order valence-corrected chi connectivity index (χ2v) is 10.1. The molecule has 1 aliphatic heterocycles. The van der Waals surface area contributed by atoms with Crippen molar-refractivity contribution in [1.29, 1.82) is 0 Å². The largest absolute Gasteiger partial charge is 0.521 e. The minimum Gasteiger partial charge on any atom is -0.456 e. The number of ether oxygens (including phenoxy) is 1. The van der Waals surface area contributed by atoms with Crippen molar-refractivity contribution in [2.45, 2.75) is 64.7 Å². The maximum absolute atomic E-state index is 14.1. The molecule has 0 spiro atoms. The van der Waals surface area contributed by atoms with Gasteiger partial charge in [-0.05, 0) is 17.5 Å². The Morgan fingerprint density at radius 2 is 1.62 bits per heavy atom. The van der Waals surface area contributed by atoms with Gasteiger partial charge in [-0.2, -0.15) is 4.79 Å². The highest BCUT2D eigenvalue weighted by Crippen LogP contribution is 2.28. The van der Waals surface area contributed by atoms with E-state index in [0.29, 0.717) is 12.8 Å². The average molecular weight is 555 g/mol. The summed E-state index contributed by atoms with van der Waals surface area (Å²) in [4.78, 5) is 58.3. The fraction of sp³-hybridized carbons (Fsp3) is 0.467. The highest BCUT2D eigenvalue weighted by Gasteiger charge is 2.58. The maximum atomic E-state index is 14.1. The Morgan fingerprint density at radius 1 is 0.975 bits per heavy atom. The van der Waals surface area contributed by atoms with E-state index in [9.17, 15) is 24.3 Å². The van der Waals surface area contributed by atoms with E-state index >= 15 is 0 Å². The fourth-order valence-electron chi connectivity index (χ4n) is 4.98. The molecule has 3 amide bonds. The number of hydrogen-bond donors (Lipinski definition) is 3. The number of hydrogen-bond acceptors (Lipinski definition) is 7. The molecule has 1 unspecified atom stereocenters.